The number of nitrogens with one attached hydrogen (secondary N) is 2. The largest absolute Gasteiger partial charge is 0.397 e. The van der Waals surface area contributed by atoms with Crippen molar-refractivity contribution in [1.29, 1.82) is 0 Å². The number of rotatable bonds is 4. The fourth-order valence-electron chi connectivity index (χ4n) is 1.81. The van der Waals surface area contributed by atoms with Gasteiger partial charge in [0.25, 0.3) is 11.8 Å². The highest BCUT2D eigenvalue weighted by Crippen LogP contribution is 2.37. The molecule has 0 spiro atoms. The van der Waals surface area contributed by atoms with Crippen molar-refractivity contribution in [2.45, 2.75) is 25.3 Å². The van der Waals surface area contributed by atoms with Crippen molar-refractivity contribution in [1.82, 2.24) is 5.32 Å². The van der Waals surface area contributed by atoms with Gasteiger partial charge in [-0.1, -0.05) is 0 Å². The first kappa shape index (κ1) is 12.7. The summed E-state index contributed by atoms with van der Waals surface area (Å²) in [5.41, 5.74) is 11.5. The van der Waals surface area contributed by atoms with Crippen LogP contribution in [0.3, 0.4) is 0 Å². The van der Waals surface area contributed by atoms with E-state index in [1.807, 2.05) is 0 Å². The van der Waals surface area contributed by atoms with Gasteiger partial charge >= 0.3 is 0 Å². The van der Waals surface area contributed by atoms with Crippen molar-refractivity contribution in [3.05, 3.63) is 10.4 Å². The Hall–Kier alpha value is -1.76. The fourth-order valence-corrected chi connectivity index (χ4v) is 2.96. The molecule has 98 valence electrons. The zero-order chi connectivity index (χ0) is 13.3. The van der Waals surface area contributed by atoms with E-state index >= 15 is 0 Å². The molecule has 1 aromatic heterocycles. The van der Waals surface area contributed by atoms with Crippen LogP contribution in [0.15, 0.2) is 0 Å². The zero-order valence-corrected chi connectivity index (χ0v) is 10.9. The Morgan fingerprint density at radius 1 is 1.39 bits per heavy atom. The third-order valence-electron chi connectivity index (χ3n) is 3.07. The Bertz CT molecular complexity index is 493. The number of amides is 2. The van der Waals surface area contributed by atoms with Gasteiger partial charge < -0.3 is 22.1 Å². The van der Waals surface area contributed by atoms with Crippen molar-refractivity contribution < 1.29 is 9.59 Å². The predicted octanol–water partition coefficient (Wildman–Crippen LogP) is 0.753. The molecule has 0 aliphatic heterocycles. The predicted molar refractivity (Wildman–Crippen MR) is 71.9 cm³/mol. The molecule has 0 radical (unpaired) electrons. The van der Waals surface area contributed by atoms with Gasteiger partial charge in [0.05, 0.1) is 11.3 Å². The van der Waals surface area contributed by atoms with E-state index in [1.165, 1.54) is 24.8 Å². The van der Waals surface area contributed by atoms with Gasteiger partial charge in [-0.25, -0.2) is 0 Å². The molecule has 0 bridgehead atoms. The summed E-state index contributed by atoms with van der Waals surface area (Å²) >= 11 is 1.18. The molecular weight excluding hydrogens is 252 g/mol. The van der Waals surface area contributed by atoms with E-state index in [4.69, 9.17) is 11.5 Å². The maximum atomic E-state index is 11.6. The first-order valence-corrected chi connectivity index (χ1v) is 6.57. The molecule has 1 heterocycles. The Morgan fingerprint density at radius 2 is 2.06 bits per heavy atom. The summed E-state index contributed by atoms with van der Waals surface area (Å²) in [6.45, 7) is 0. The van der Waals surface area contributed by atoms with Crippen molar-refractivity contribution in [3.63, 3.8) is 0 Å². The van der Waals surface area contributed by atoms with E-state index in [1.54, 1.807) is 0 Å². The van der Waals surface area contributed by atoms with Crippen LogP contribution in [-0.4, -0.2) is 24.9 Å². The Labute approximate surface area is 109 Å². The monoisotopic (exact) mass is 268 g/mol. The van der Waals surface area contributed by atoms with Crippen molar-refractivity contribution >= 4 is 33.8 Å². The second kappa shape index (κ2) is 4.85. The fraction of sp³-hybridized carbons (Fsp3) is 0.455. The van der Waals surface area contributed by atoms with Crippen molar-refractivity contribution in [2.75, 3.05) is 18.1 Å². The number of nitrogens with two attached hydrogens (primary N) is 2. The molecule has 0 unspecified atom stereocenters. The SMILES string of the molecule is CNC(=O)c1sc(NC2CCC2)c(C(N)=O)c1N. The lowest BCUT2D eigenvalue weighted by Gasteiger charge is -2.27. The normalized spacial score (nSPS) is 14.9. The van der Waals surface area contributed by atoms with Gasteiger partial charge in [-0.05, 0) is 19.3 Å². The van der Waals surface area contributed by atoms with E-state index in [2.05, 4.69) is 10.6 Å². The summed E-state index contributed by atoms with van der Waals surface area (Å²) in [7, 11) is 1.52. The van der Waals surface area contributed by atoms with Crippen LogP contribution in [0.4, 0.5) is 10.7 Å². The molecule has 2 rings (SSSR count). The molecule has 6 nitrogen and oxygen atoms in total. The van der Waals surface area contributed by atoms with E-state index in [9.17, 15) is 9.59 Å². The Balaban J connectivity index is 2.36. The molecule has 7 heteroatoms. The standard InChI is InChI=1S/C11H16N4O2S/c1-14-10(17)8-7(12)6(9(13)16)11(18-8)15-5-3-2-4-5/h5,15H,2-4,12H2,1H3,(H2,13,16)(H,14,17). The van der Waals surface area contributed by atoms with Crippen LogP contribution in [0, 0.1) is 0 Å². The molecule has 0 saturated heterocycles. The number of nitrogen functional groups attached to an aromatic ring is 1. The van der Waals surface area contributed by atoms with Gasteiger partial charge in [-0.2, -0.15) is 0 Å². The van der Waals surface area contributed by atoms with Crippen molar-refractivity contribution in [3.8, 4) is 0 Å². The minimum atomic E-state index is -0.610. The lowest BCUT2D eigenvalue weighted by molar-refractivity contribution is 0.0967. The molecule has 1 aliphatic carbocycles. The lowest BCUT2D eigenvalue weighted by atomic mass is 9.93. The average Bonchev–Trinajstić information content (AvgIpc) is 2.60. The smallest absolute Gasteiger partial charge is 0.263 e. The Morgan fingerprint density at radius 3 is 2.50 bits per heavy atom. The molecular formula is C11H16N4O2S. The van der Waals surface area contributed by atoms with Gasteiger partial charge in [0.15, 0.2) is 0 Å². The minimum absolute atomic E-state index is 0.161. The summed E-state index contributed by atoms with van der Waals surface area (Å²) in [5.74, 6) is -0.914. The van der Waals surface area contributed by atoms with E-state index in [0.717, 1.165) is 12.8 Å². The van der Waals surface area contributed by atoms with E-state index in [0.29, 0.717) is 15.9 Å². The quantitative estimate of drug-likeness (QED) is 0.646. The van der Waals surface area contributed by atoms with Crippen LogP contribution >= 0.6 is 11.3 Å². The second-order valence-electron chi connectivity index (χ2n) is 4.26. The van der Waals surface area contributed by atoms with Crippen LogP contribution in [0.25, 0.3) is 0 Å². The van der Waals surface area contributed by atoms with Gasteiger partial charge in [-0.3, -0.25) is 9.59 Å². The van der Waals surface area contributed by atoms with E-state index < -0.39 is 5.91 Å². The lowest BCUT2D eigenvalue weighted by Crippen LogP contribution is -2.27. The van der Waals surface area contributed by atoms with E-state index in [-0.39, 0.29) is 17.2 Å². The molecule has 0 aromatic carbocycles. The van der Waals surface area contributed by atoms with Gasteiger partial charge in [0.2, 0.25) is 0 Å². The summed E-state index contributed by atoms with van der Waals surface area (Å²) in [5, 5.41) is 6.32. The van der Waals surface area contributed by atoms with Crippen LogP contribution in [0.2, 0.25) is 0 Å². The van der Waals surface area contributed by atoms with Gasteiger partial charge in [-0.15, -0.1) is 11.3 Å². The third-order valence-corrected chi connectivity index (χ3v) is 4.20. The molecule has 6 N–H and O–H groups in total. The highest BCUT2D eigenvalue weighted by atomic mass is 32.1. The summed E-state index contributed by atoms with van der Waals surface area (Å²) in [6, 6.07) is 0.346. The number of carbonyl (C=O) groups is 2. The summed E-state index contributed by atoms with van der Waals surface area (Å²) in [4.78, 5) is 23.4. The van der Waals surface area contributed by atoms with Crippen LogP contribution in [0.1, 0.15) is 39.3 Å². The molecule has 1 saturated carbocycles. The van der Waals surface area contributed by atoms with Crippen LogP contribution in [-0.2, 0) is 0 Å². The molecule has 0 atom stereocenters. The maximum Gasteiger partial charge on any atom is 0.263 e. The third kappa shape index (κ3) is 2.13. The molecule has 18 heavy (non-hydrogen) atoms. The minimum Gasteiger partial charge on any atom is -0.397 e. The van der Waals surface area contributed by atoms with Gasteiger partial charge in [0, 0.05) is 13.1 Å². The number of thiophene rings is 1. The van der Waals surface area contributed by atoms with Crippen LogP contribution < -0.4 is 22.1 Å². The Kier molecular flexibility index (Phi) is 3.42. The number of hydrogen-bond acceptors (Lipinski definition) is 5. The number of primary amides is 1. The summed E-state index contributed by atoms with van der Waals surface area (Å²) in [6.07, 6.45) is 3.30. The highest BCUT2D eigenvalue weighted by molar-refractivity contribution is 7.19. The summed E-state index contributed by atoms with van der Waals surface area (Å²) < 4.78 is 0. The first-order valence-electron chi connectivity index (χ1n) is 5.75. The maximum absolute atomic E-state index is 11.6. The van der Waals surface area contributed by atoms with Crippen molar-refractivity contribution in [2.24, 2.45) is 5.73 Å². The van der Waals surface area contributed by atoms with Crippen LogP contribution in [0.5, 0.6) is 0 Å². The molecule has 2 amide bonds. The van der Waals surface area contributed by atoms with Gasteiger partial charge in [0.1, 0.15) is 9.88 Å². The number of anilines is 2. The molecule has 1 aliphatic rings. The number of hydrogen-bond donors (Lipinski definition) is 4. The average molecular weight is 268 g/mol. The topological polar surface area (TPSA) is 110 Å². The molecule has 1 aromatic rings. The highest BCUT2D eigenvalue weighted by Gasteiger charge is 2.26. The number of carbonyl (C=O) groups excluding carboxylic acids is 2. The zero-order valence-electron chi connectivity index (χ0n) is 10.1. The molecule has 1 fully saturated rings. The first-order chi connectivity index (χ1) is 8.54. The second-order valence-corrected chi connectivity index (χ2v) is 5.29.